The van der Waals surface area contributed by atoms with Crippen LogP contribution < -0.4 is 5.73 Å². The van der Waals surface area contributed by atoms with Crippen LogP contribution in [0.1, 0.15) is 10.4 Å². The summed E-state index contributed by atoms with van der Waals surface area (Å²) in [6.07, 6.45) is 0.738. The van der Waals surface area contributed by atoms with Gasteiger partial charge in [0.05, 0.1) is 11.6 Å². The van der Waals surface area contributed by atoms with Gasteiger partial charge in [0.2, 0.25) is 0 Å². The molecular weight excluding hydrogens is 206 g/mol. The lowest BCUT2D eigenvalue weighted by atomic mass is 10.2. The molecule has 0 radical (unpaired) electrons. The fourth-order valence-electron chi connectivity index (χ4n) is 0.571. The molecule has 0 saturated heterocycles. The van der Waals surface area contributed by atoms with Crippen molar-refractivity contribution in [2.75, 3.05) is 6.54 Å². The number of carboxylic acid groups (broad SMARTS) is 1. The highest BCUT2D eigenvalue weighted by atomic mass is 35.5. The molecule has 0 fully saturated rings. The molecule has 1 aromatic rings. The Morgan fingerprint density at radius 3 is 2.29 bits per heavy atom. The molecule has 76 valence electrons. The predicted octanol–water partition coefficient (Wildman–Crippen LogP) is 1.18. The third-order valence-electron chi connectivity index (χ3n) is 1.21. The van der Waals surface area contributed by atoms with Crippen LogP contribution >= 0.6 is 11.6 Å². The SMILES string of the molecule is NCC(=O)O.O=Cc1ccccc1Cl. The number of nitrogens with two attached hydrogens (primary N) is 1. The molecule has 0 unspecified atom stereocenters. The molecule has 0 bridgehead atoms. The first-order valence-electron chi connectivity index (χ1n) is 3.73. The Kier molecular flexibility index (Phi) is 6.36. The summed E-state index contributed by atoms with van der Waals surface area (Å²) in [4.78, 5) is 19.4. The van der Waals surface area contributed by atoms with Gasteiger partial charge in [-0.1, -0.05) is 29.8 Å². The number of benzene rings is 1. The smallest absolute Gasteiger partial charge is 0.317 e. The van der Waals surface area contributed by atoms with E-state index < -0.39 is 5.97 Å². The minimum atomic E-state index is -0.968. The molecule has 5 heteroatoms. The van der Waals surface area contributed by atoms with Gasteiger partial charge in [-0.15, -0.1) is 0 Å². The van der Waals surface area contributed by atoms with Crippen LogP contribution in [0.15, 0.2) is 24.3 Å². The Morgan fingerprint density at radius 2 is 2.00 bits per heavy atom. The normalized spacial score (nSPS) is 8.43. The maximum absolute atomic E-state index is 10.1. The summed E-state index contributed by atoms with van der Waals surface area (Å²) in [5.41, 5.74) is 5.11. The highest BCUT2D eigenvalue weighted by Gasteiger charge is 1.92. The first-order valence-corrected chi connectivity index (χ1v) is 4.11. The highest BCUT2D eigenvalue weighted by molar-refractivity contribution is 6.32. The number of aldehydes is 1. The Bertz CT molecular complexity index is 315. The second-order valence-electron chi connectivity index (χ2n) is 2.24. The molecule has 0 amide bonds. The van der Waals surface area contributed by atoms with Gasteiger partial charge in [-0.05, 0) is 6.07 Å². The number of carboxylic acids is 1. The third-order valence-corrected chi connectivity index (χ3v) is 1.55. The monoisotopic (exact) mass is 215 g/mol. The molecule has 0 saturated carbocycles. The lowest BCUT2D eigenvalue weighted by molar-refractivity contribution is -0.135. The fourth-order valence-corrected chi connectivity index (χ4v) is 0.751. The fraction of sp³-hybridized carbons (Fsp3) is 0.111. The Hall–Kier alpha value is -1.39. The van der Waals surface area contributed by atoms with E-state index in [1.54, 1.807) is 24.3 Å². The van der Waals surface area contributed by atoms with Gasteiger partial charge in [0.1, 0.15) is 0 Å². The molecule has 0 aliphatic heterocycles. The van der Waals surface area contributed by atoms with Gasteiger partial charge in [0.15, 0.2) is 6.29 Å². The van der Waals surface area contributed by atoms with Crippen LogP contribution in [0.25, 0.3) is 0 Å². The Balaban J connectivity index is 0.000000292. The lowest BCUT2D eigenvalue weighted by Gasteiger charge is -1.90. The molecule has 14 heavy (non-hydrogen) atoms. The number of carbonyl (C=O) groups is 2. The maximum Gasteiger partial charge on any atom is 0.317 e. The zero-order chi connectivity index (χ0) is 11.0. The van der Waals surface area contributed by atoms with Crippen molar-refractivity contribution in [2.24, 2.45) is 5.73 Å². The van der Waals surface area contributed by atoms with Gasteiger partial charge in [0, 0.05) is 5.56 Å². The van der Waals surface area contributed by atoms with Gasteiger partial charge < -0.3 is 10.8 Å². The van der Waals surface area contributed by atoms with Crippen molar-refractivity contribution in [3.8, 4) is 0 Å². The van der Waals surface area contributed by atoms with E-state index in [1.165, 1.54) is 0 Å². The van der Waals surface area contributed by atoms with Crippen LogP contribution in [0.2, 0.25) is 5.02 Å². The molecule has 1 aromatic carbocycles. The van der Waals surface area contributed by atoms with E-state index in [-0.39, 0.29) is 6.54 Å². The highest BCUT2D eigenvalue weighted by Crippen LogP contribution is 2.11. The van der Waals surface area contributed by atoms with Crippen LogP contribution in [0, 0.1) is 0 Å². The van der Waals surface area contributed by atoms with Crippen LogP contribution in [0.5, 0.6) is 0 Å². The van der Waals surface area contributed by atoms with Gasteiger partial charge in [-0.2, -0.15) is 0 Å². The maximum atomic E-state index is 10.1. The molecule has 3 N–H and O–H groups in total. The molecule has 0 atom stereocenters. The van der Waals surface area contributed by atoms with Gasteiger partial charge in [-0.3, -0.25) is 9.59 Å². The van der Waals surface area contributed by atoms with E-state index in [1.807, 2.05) is 0 Å². The van der Waals surface area contributed by atoms with Crippen molar-refractivity contribution in [3.63, 3.8) is 0 Å². The van der Waals surface area contributed by atoms with Crippen molar-refractivity contribution in [1.29, 1.82) is 0 Å². The first-order chi connectivity index (χ1) is 6.61. The quantitative estimate of drug-likeness (QED) is 0.726. The standard InChI is InChI=1S/C7H5ClO.C2H5NO2/c8-7-4-2-1-3-6(7)5-9;3-1-2(4)5/h1-5H;1,3H2,(H,4,5). The first kappa shape index (κ1) is 12.6. The third kappa shape index (κ3) is 5.29. The lowest BCUT2D eigenvalue weighted by Crippen LogP contribution is -2.10. The average Bonchev–Trinajstić information content (AvgIpc) is 2.19. The molecule has 1 rings (SSSR count). The number of hydrogen-bond acceptors (Lipinski definition) is 3. The van der Waals surface area contributed by atoms with Crippen LogP contribution in [0.4, 0.5) is 0 Å². The molecule has 4 nitrogen and oxygen atoms in total. The Morgan fingerprint density at radius 1 is 1.50 bits per heavy atom. The van der Waals surface area contributed by atoms with E-state index in [2.05, 4.69) is 5.73 Å². The number of halogens is 1. The summed E-state index contributed by atoms with van der Waals surface area (Å²) in [6.45, 7) is -0.278. The van der Waals surface area contributed by atoms with Gasteiger partial charge in [0.25, 0.3) is 0 Å². The zero-order valence-corrected chi connectivity index (χ0v) is 8.07. The Labute approximate surface area is 86.3 Å². The van der Waals surface area contributed by atoms with Crippen molar-refractivity contribution in [1.82, 2.24) is 0 Å². The summed E-state index contributed by atoms with van der Waals surface area (Å²) < 4.78 is 0. The van der Waals surface area contributed by atoms with E-state index in [4.69, 9.17) is 16.7 Å². The second-order valence-corrected chi connectivity index (χ2v) is 2.64. The minimum Gasteiger partial charge on any atom is -0.480 e. The largest absolute Gasteiger partial charge is 0.480 e. The molecule has 0 aliphatic rings. The van der Waals surface area contributed by atoms with E-state index in [9.17, 15) is 9.59 Å². The van der Waals surface area contributed by atoms with Gasteiger partial charge >= 0.3 is 5.97 Å². The number of aliphatic carboxylic acids is 1. The van der Waals surface area contributed by atoms with Crippen LogP contribution in [0.3, 0.4) is 0 Å². The summed E-state index contributed by atoms with van der Waals surface area (Å²) in [7, 11) is 0. The number of hydrogen-bond donors (Lipinski definition) is 2. The van der Waals surface area contributed by atoms with Crippen molar-refractivity contribution in [2.45, 2.75) is 0 Å². The van der Waals surface area contributed by atoms with Crippen LogP contribution in [-0.2, 0) is 4.79 Å². The van der Waals surface area contributed by atoms with E-state index in [0.29, 0.717) is 10.6 Å². The predicted molar refractivity (Wildman–Crippen MR) is 53.5 cm³/mol. The topological polar surface area (TPSA) is 80.4 Å². The van der Waals surface area contributed by atoms with Gasteiger partial charge in [-0.25, -0.2) is 0 Å². The number of carbonyl (C=O) groups excluding carboxylic acids is 1. The van der Waals surface area contributed by atoms with Crippen molar-refractivity contribution in [3.05, 3.63) is 34.9 Å². The minimum absolute atomic E-state index is 0.278. The molecule has 0 heterocycles. The summed E-state index contributed by atoms with van der Waals surface area (Å²) >= 11 is 5.59. The van der Waals surface area contributed by atoms with E-state index >= 15 is 0 Å². The molecular formula is C9H10ClNO3. The molecule has 0 aliphatic carbocycles. The molecule has 0 spiro atoms. The van der Waals surface area contributed by atoms with E-state index in [0.717, 1.165) is 6.29 Å². The second kappa shape index (κ2) is 7.06. The molecule has 0 aromatic heterocycles. The average molecular weight is 216 g/mol. The summed E-state index contributed by atoms with van der Waals surface area (Å²) in [5, 5.41) is 8.10. The summed E-state index contributed by atoms with van der Waals surface area (Å²) in [5.74, 6) is -0.968. The number of rotatable bonds is 2. The van der Waals surface area contributed by atoms with Crippen molar-refractivity contribution >= 4 is 23.9 Å². The van der Waals surface area contributed by atoms with Crippen LogP contribution in [-0.4, -0.2) is 23.9 Å². The summed E-state index contributed by atoms with van der Waals surface area (Å²) in [6, 6.07) is 6.92. The van der Waals surface area contributed by atoms with Crippen molar-refractivity contribution < 1.29 is 14.7 Å². The zero-order valence-electron chi connectivity index (χ0n) is 7.31.